The van der Waals surface area contributed by atoms with Crippen molar-refractivity contribution < 1.29 is 18.3 Å². The number of alkyl halides is 1. The molecule has 0 spiro atoms. The topological polar surface area (TPSA) is 91.2 Å². The maximum absolute atomic E-state index is 14.8. The molecule has 5 rings (SSSR count). The predicted molar refractivity (Wildman–Crippen MR) is 114 cm³/mol. The summed E-state index contributed by atoms with van der Waals surface area (Å²) in [6, 6.07) is 3.56. The van der Waals surface area contributed by atoms with Gasteiger partial charge in [-0.15, -0.1) is 0 Å². The molecule has 3 aliphatic heterocycles. The van der Waals surface area contributed by atoms with Crippen LogP contribution in [0, 0.1) is 11.2 Å². The second-order valence-electron chi connectivity index (χ2n) is 8.55. The number of rotatable bonds is 4. The fourth-order valence-electron chi connectivity index (χ4n) is 4.78. The third kappa shape index (κ3) is 3.95. The summed E-state index contributed by atoms with van der Waals surface area (Å²) in [6.45, 7) is 0.300. The van der Waals surface area contributed by atoms with Gasteiger partial charge in [-0.05, 0) is 25.0 Å². The minimum Gasteiger partial charge on any atom is -0.486 e. The zero-order chi connectivity index (χ0) is 22.4. The van der Waals surface area contributed by atoms with Gasteiger partial charge in [0.05, 0.1) is 23.0 Å². The van der Waals surface area contributed by atoms with Crippen LogP contribution in [0.3, 0.4) is 0 Å². The Morgan fingerprint density at radius 1 is 1.28 bits per heavy atom. The molecule has 0 radical (unpaired) electrons. The van der Waals surface area contributed by atoms with E-state index in [9.17, 15) is 13.6 Å². The van der Waals surface area contributed by atoms with Crippen LogP contribution in [-0.4, -0.2) is 63.9 Å². The molecule has 1 aromatic carbocycles. The number of amides is 1. The Kier molecular flexibility index (Phi) is 5.54. The van der Waals surface area contributed by atoms with Crippen molar-refractivity contribution >= 4 is 23.2 Å². The molecule has 10 heteroatoms. The SMILES string of the molecule is N=C1CN(C(=O)c2ccc(F)cc2OC2CC3CCC(N3)C2F)CC1c1ncc(Cl)cn1. The van der Waals surface area contributed by atoms with Crippen LogP contribution in [0.25, 0.3) is 0 Å². The highest BCUT2D eigenvalue weighted by atomic mass is 35.5. The molecule has 3 fully saturated rings. The summed E-state index contributed by atoms with van der Waals surface area (Å²) < 4.78 is 34.8. The molecule has 5 atom stereocenters. The second-order valence-corrected chi connectivity index (χ2v) is 8.98. The third-order valence-corrected chi connectivity index (χ3v) is 6.60. The van der Waals surface area contributed by atoms with E-state index in [1.54, 1.807) is 0 Å². The van der Waals surface area contributed by atoms with Gasteiger partial charge in [-0.25, -0.2) is 18.7 Å². The highest BCUT2D eigenvalue weighted by molar-refractivity contribution is 6.30. The molecule has 0 saturated carbocycles. The number of carbonyl (C=O) groups is 1. The van der Waals surface area contributed by atoms with E-state index in [1.807, 2.05) is 0 Å². The van der Waals surface area contributed by atoms with Gasteiger partial charge in [0, 0.05) is 49.2 Å². The van der Waals surface area contributed by atoms with Crippen molar-refractivity contribution in [3.8, 4) is 5.75 Å². The molecule has 5 unspecified atom stereocenters. The lowest BCUT2D eigenvalue weighted by Crippen LogP contribution is -2.51. The lowest BCUT2D eigenvalue weighted by molar-refractivity contribution is 0.0442. The number of hydrogen-bond acceptors (Lipinski definition) is 6. The summed E-state index contributed by atoms with van der Waals surface area (Å²) in [4.78, 5) is 23.1. The van der Waals surface area contributed by atoms with Gasteiger partial charge in [-0.2, -0.15) is 0 Å². The van der Waals surface area contributed by atoms with Crippen molar-refractivity contribution in [3.63, 3.8) is 0 Å². The van der Waals surface area contributed by atoms with Crippen LogP contribution in [0.15, 0.2) is 30.6 Å². The number of hydrogen-bond donors (Lipinski definition) is 2. The molecule has 4 heterocycles. The number of fused-ring (bicyclic) bond motifs is 2. The van der Waals surface area contributed by atoms with Gasteiger partial charge in [0.25, 0.3) is 5.91 Å². The fourth-order valence-corrected chi connectivity index (χ4v) is 4.88. The first kappa shape index (κ1) is 21.2. The smallest absolute Gasteiger partial charge is 0.257 e. The number of halogens is 3. The van der Waals surface area contributed by atoms with Crippen molar-refractivity contribution in [1.82, 2.24) is 20.2 Å². The van der Waals surface area contributed by atoms with Gasteiger partial charge in [-0.3, -0.25) is 4.79 Å². The first-order valence-corrected chi connectivity index (χ1v) is 11.0. The van der Waals surface area contributed by atoms with Crippen LogP contribution >= 0.6 is 11.6 Å². The molecule has 7 nitrogen and oxygen atoms in total. The maximum atomic E-state index is 14.8. The zero-order valence-corrected chi connectivity index (χ0v) is 17.9. The molecule has 3 aliphatic rings. The number of benzene rings is 1. The average Bonchev–Trinajstić information content (AvgIpc) is 3.36. The molecule has 32 heavy (non-hydrogen) atoms. The van der Waals surface area contributed by atoms with E-state index in [1.165, 1.54) is 29.4 Å². The molecule has 2 N–H and O–H groups in total. The summed E-state index contributed by atoms with van der Waals surface area (Å²) in [5.41, 5.74) is 0.443. The third-order valence-electron chi connectivity index (χ3n) is 6.41. The normalized spacial score (nSPS) is 29.4. The van der Waals surface area contributed by atoms with Gasteiger partial charge >= 0.3 is 0 Å². The Morgan fingerprint density at radius 2 is 2.06 bits per heavy atom. The Bertz CT molecular complexity index is 1050. The van der Waals surface area contributed by atoms with E-state index >= 15 is 0 Å². The van der Waals surface area contributed by atoms with Crippen molar-refractivity contribution in [2.24, 2.45) is 0 Å². The van der Waals surface area contributed by atoms with E-state index in [4.69, 9.17) is 21.7 Å². The number of nitrogens with zero attached hydrogens (tertiary/aromatic N) is 3. The number of nitrogens with one attached hydrogen (secondary N) is 2. The minimum absolute atomic E-state index is 0.0293. The second kappa shape index (κ2) is 8.37. The van der Waals surface area contributed by atoms with Gasteiger partial charge in [-0.1, -0.05) is 11.6 Å². The number of carbonyl (C=O) groups excluding carboxylic acids is 1. The Balaban J connectivity index is 1.36. The summed E-state index contributed by atoms with van der Waals surface area (Å²) >= 11 is 5.84. The van der Waals surface area contributed by atoms with Crippen molar-refractivity contribution in [2.45, 2.75) is 49.5 Å². The largest absolute Gasteiger partial charge is 0.486 e. The lowest BCUT2D eigenvalue weighted by Gasteiger charge is -2.33. The van der Waals surface area contributed by atoms with E-state index in [-0.39, 0.29) is 36.5 Å². The molecule has 168 valence electrons. The van der Waals surface area contributed by atoms with Crippen LogP contribution in [0.2, 0.25) is 5.02 Å². The summed E-state index contributed by atoms with van der Waals surface area (Å²) in [6.07, 6.45) is 3.02. The van der Waals surface area contributed by atoms with Gasteiger partial charge < -0.3 is 20.4 Å². The van der Waals surface area contributed by atoms with Crippen LogP contribution in [0.4, 0.5) is 8.78 Å². The summed E-state index contributed by atoms with van der Waals surface area (Å²) in [5, 5.41) is 11.9. The number of piperidine rings is 1. The van der Waals surface area contributed by atoms with Gasteiger partial charge in [0.15, 0.2) is 6.17 Å². The van der Waals surface area contributed by atoms with Crippen LogP contribution in [0.1, 0.15) is 41.4 Å². The number of likely N-dealkylation sites (tertiary alicyclic amines) is 1. The summed E-state index contributed by atoms with van der Waals surface area (Å²) in [7, 11) is 0. The molecular formula is C22H22ClF2N5O2. The van der Waals surface area contributed by atoms with Crippen LogP contribution in [-0.2, 0) is 0 Å². The van der Waals surface area contributed by atoms with Crippen molar-refractivity contribution in [2.75, 3.05) is 13.1 Å². The van der Waals surface area contributed by atoms with Crippen LogP contribution in [0.5, 0.6) is 5.75 Å². The molecule has 1 amide bonds. The van der Waals surface area contributed by atoms with Crippen LogP contribution < -0.4 is 10.1 Å². The van der Waals surface area contributed by atoms with Crippen molar-refractivity contribution in [1.29, 1.82) is 5.41 Å². The van der Waals surface area contributed by atoms with Gasteiger partial charge in [0.2, 0.25) is 0 Å². The Hall–Kier alpha value is -2.65. The quantitative estimate of drug-likeness (QED) is 0.730. The fraction of sp³-hybridized carbons (Fsp3) is 0.455. The Morgan fingerprint density at radius 3 is 2.84 bits per heavy atom. The first-order chi connectivity index (χ1) is 15.4. The predicted octanol–water partition coefficient (Wildman–Crippen LogP) is 3.14. The maximum Gasteiger partial charge on any atom is 0.257 e. The molecule has 2 bridgehead atoms. The highest BCUT2D eigenvalue weighted by Gasteiger charge is 2.44. The molecule has 0 aliphatic carbocycles. The summed E-state index contributed by atoms with van der Waals surface area (Å²) in [5.74, 6) is -0.979. The average molecular weight is 462 g/mol. The minimum atomic E-state index is -1.23. The molecular weight excluding hydrogens is 440 g/mol. The molecule has 3 saturated heterocycles. The monoisotopic (exact) mass is 461 g/mol. The van der Waals surface area contributed by atoms with E-state index < -0.39 is 29.9 Å². The number of aromatic nitrogens is 2. The number of ether oxygens (including phenoxy) is 1. The van der Waals surface area contributed by atoms with Gasteiger partial charge in [0.1, 0.15) is 23.5 Å². The molecule has 1 aromatic heterocycles. The molecule has 2 aromatic rings. The lowest BCUT2D eigenvalue weighted by atomic mass is 10.00. The van der Waals surface area contributed by atoms with E-state index in [2.05, 4.69) is 15.3 Å². The standard InChI is InChI=1S/C22H22ClF2N5O2/c23-11-7-27-21(28-8-11)15-9-30(10-16(15)26)22(31)14-3-1-12(24)5-18(14)32-19-6-13-2-4-17(29-13)20(19)25/h1,3,5,7-8,13,15,17,19-20,26,29H,2,4,6,9-10H2. The van der Waals surface area contributed by atoms with E-state index in [0.717, 1.165) is 18.9 Å². The van der Waals surface area contributed by atoms with Crippen molar-refractivity contribution in [3.05, 3.63) is 52.8 Å². The van der Waals surface area contributed by atoms with E-state index in [0.29, 0.717) is 23.0 Å². The highest BCUT2D eigenvalue weighted by Crippen LogP contribution is 2.34. The first-order valence-electron chi connectivity index (χ1n) is 10.6. The zero-order valence-electron chi connectivity index (χ0n) is 17.1. The Labute approximate surface area is 188 Å².